The van der Waals surface area contributed by atoms with Crippen molar-refractivity contribution in [1.29, 1.82) is 0 Å². The molecular formula is C18H16N2O4. The van der Waals surface area contributed by atoms with Crippen molar-refractivity contribution >= 4 is 17.8 Å². The van der Waals surface area contributed by atoms with E-state index < -0.39 is 11.9 Å². The maximum Gasteiger partial charge on any atom is 0.339 e. The third-order valence-electron chi connectivity index (χ3n) is 3.77. The van der Waals surface area contributed by atoms with Crippen molar-refractivity contribution in [3.05, 3.63) is 70.8 Å². The molecule has 0 saturated carbocycles. The van der Waals surface area contributed by atoms with Gasteiger partial charge in [0.15, 0.2) is 0 Å². The topological polar surface area (TPSA) is 84.5 Å². The Morgan fingerprint density at radius 2 is 1.83 bits per heavy atom. The van der Waals surface area contributed by atoms with Gasteiger partial charge in [0.2, 0.25) is 5.91 Å². The summed E-state index contributed by atoms with van der Waals surface area (Å²) >= 11 is 0. The van der Waals surface area contributed by atoms with E-state index in [9.17, 15) is 14.4 Å². The van der Waals surface area contributed by atoms with E-state index in [1.807, 2.05) is 30.3 Å². The van der Waals surface area contributed by atoms with Gasteiger partial charge in [-0.15, -0.1) is 0 Å². The number of hydrogen-bond donors (Lipinski definition) is 2. The van der Waals surface area contributed by atoms with Gasteiger partial charge < -0.3 is 4.74 Å². The number of esters is 1. The molecule has 0 radical (unpaired) electrons. The molecule has 1 aliphatic rings. The molecule has 3 rings (SSSR count). The first-order valence-corrected chi connectivity index (χ1v) is 7.50. The molecule has 2 aromatic rings. The van der Waals surface area contributed by atoms with Crippen LogP contribution in [0.25, 0.3) is 0 Å². The van der Waals surface area contributed by atoms with Crippen LogP contribution in [0.2, 0.25) is 0 Å². The summed E-state index contributed by atoms with van der Waals surface area (Å²) in [6.45, 7) is 1.30. The predicted octanol–water partition coefficient (Wildman–Crippen LogP) is 1.92. The van der Waals surface area contributed by atoms with Crippen LogP contribution in [0, 0.1) is 0 Å². The van der Waals surface area contributed by atoms with Crippen molar-refractivity contribution in [3.8, 4) is 0 Å². The summed E-state index contributed by atoms with van der Waals surface area (Å²) in [7, 11) is 0. The lowest BCUT2D eigenvalue weighted by Crippen LogP contribution is -2.40. The zero-order valence-electron chi connectivity index (χ0n) is 13.0. The molecule has 24 heavy (non-hydrogen) atoms. The molecule has 0 saturated heterocycles. The number of cyclic esters (lactones) is 1. The molecule has 122 valence electrons. The summed E-state index contributed by atoms with van der Waals surface area (Å²) < 4.78 is 5.48. The van der Waals surface area contributed by atoms with E-state index in [0.29, 0.717) is 17.5 Å². The average molecular weight is 324 g/mol. The quantitative estimate of drug-likeness (QED) is 0.653. The van der Waals surface area contributed by atoms with E-state index in [4.69, 9.17) is 4.74 Å². The van der Waals surface area contributed by atoms with Crippen molar-refractivity contribution in [2.24, 2.45) is 0 Å². The van der Waals surface area contributed by atoms with Gasteiger partial charge in [-0.25, -0.2) is 4.79 Å². The van der Waals surface area contributed by atoms with E-state index in [0.717, 1.165) is 11.1 Å². The number of amides is 2. The number of benzene rings is 2. The molecule has 2 aromatic carbocycles. The van der Waals surface area contributed by atoms with Crippen molar-refractivity contribution in [2.75, 3.05) is 0 Å². The van der Waals surface area contributed by atoms with Crippen molar-refractivity contribution in [3.63, 3.8) is 0 Å². The number of nitrogens with one attached hydrogen (secondary N) is 2. The van der Waals surface area contributed by atoms with Gasteiger partial charge >= 0.3 is 5.97 Å². The van der Waals surface area contributed by atoms with Crippen LogP contribution in [0.1, 0.15) is 44.9 Å². The molecule has 2 N–H and O–H groups in total. The average Bonchev–Trinajstić information content (AvgIpc) is 2.59. The molecule has 1 atom stereocenters. The maximum absolute atomic E-state index is 12.2. The molecule has 0 unspecified atom stereocenters. The SMILES string of the molecule is CC(=O)NNC(=O)c1ccc2c(c1)C[C@@H](c1ccccc1)OC2=O. The lowest BCUT2D eigenvalue weighted by molar-refractivity contribution is -0.119. The normalized spacial score (nSPS) is 15.9. The number of carbonyl (C=O) groups is 3. The second-order valence-electron chi connectivity index (χ2n) is 5.52. The van der Waals surface area contributed by atoms with Crippen molar-refractivity contribution in [1.82, 2.24) is 10.9 Å². The van der Waals surface area contributed by atoms with Gasteiger partial charge in [0.1, 0.15) is 6.10 Å². The van der Waals surface area contributed by atoms with Gasteiger partial charge in [-0.3, -0.25) is 20.4 Å². The molecular weight excluding hydrogens is 308 g/mol. The fourth-order valence-electron chi connectivity index (χ4n) is 2.61. The molecule has 0 spiro atoms. The summed E-state index contributed by atoms with van der Waals surface area (Å²) in [6.07, 6.45) is 0.117. The van der Waals surface area contributed by atoms with Crippen LogP contribution < -0.4 is 10.9 Å². The highest BCUT2D eigenvalue weighted by Crippen LogP contribution is 2.30. The summed E-state index contributed by atoms with van der Waals surface area (Å²) in [6, 6.07) is 14.2. The van der Waals surface area contributed by atoms with Gasteiger partial charge in [-0.2, -0.15) is 0 Å². The van der Waals surface area contributed by atoms with Gasteiger partial charge in [0.25, 0.3) is 5.91 Å². The van der Waals surface area contributed by atoms with E-state index >= 15 is 0 Å². The summed E-state index contributed by atoms with van der Waals surface area (Å²) in [4.78, 5) is 35.1. The minimum Gasteiger partial charge on any atom is -0.454 e. The summed E-state index contributed by atoms with van der Waals surface area (Å²) in [5.74, 6) is -1.21. The van der Waals surface area contributed by atoms with Crippen LogP contribution in [0.4, 0.5) is 0 Å². The lowest BCUT2D eigenvalue weighted by Gasteiger charge is -2.25. The van der Waals surface area contributed by atoms with Crippen LogP contribution in [0.15, 0.2) is 48.5 Å². The number of fused-ring (bicyclic) bond motifs is 1. The molecule has 0 bridgehead atoms. The van der Waals surface area contributed by atoms with E-state index in [-0.39, 0.29) is 12.0 Å². The Labute approximate surface area is 138 Å². The molecule has 2 amide bonds. The summed E-state index contributed by atoms with van der Waals surface area (Å²) in [5.41, 5.74) is 7.02. The first-order chi connectivity index (χ1) is 11.5. The number of rotatable bonds is 2. The summed E-state index contributed by atoms with van der Waals surface area (Å²) in [5, 5.41) is 0. The first kappa shape index (κ1) is 15.7. The smallest absolute Gasteiger partial charge is 0.339 e. The van der Waals surface area contributed by atoms with Gasteiger partial charge in [-0.05, 0) is 29.3 Å². The fraction of sp³-hybridized carbons (Fsp3) is 0.167. The third-order valence-corrected chi connectivity index (χ3v) is 3.77. The Kier molecular flexibility index (Phi) is 4.29. The molecule has 0 fully saturated rings. The largest absolute Gasteiger partial charge is 0.454 e. The second kappa shape index (κ2) is 6.54. The molecule has 6 nitrogen and oxygen atoms in total. The first-order valence-electron chi connectivity index (χ1n) is 7.50. The second-order valence-corrected chi connectivity index (χ2v) is 5.52. The Bertz CT molecular complexity index is 802. The minimum absolute atomic E-state index is 0.365. The number of ether oxygens (including phenoxy) is 1. The Hall–Kier alpha value is -3.15. The molecule has 0 aromatic heterocycles. The van der Waals surface area contributed by atoms with Crippen LogP contribution in [0.5, 0.6) is 0 Å². The highest BCUT2D eigenvalue weighted by atomic mass is 16.5. The zero-order valence-corrected chi connectivity index (χ0v) is 13.0. The van der Waals surface area contributed by atoms with Gasteiger partial charge in [0.05, 0.1) is 5.56 Å². The molecule has 6 heteroatoms. The molecule has 0 aliphatic carbocycles. The van der Waals surface area contributed by atoms with E-state index in [1.54, 1.807) is 12.1 Å². The maximum atomic E-state index is 12.2. The lowest BCUT2D eigenvalue weighted by atomic mass is 9.93. The Balaban J connectivity index is 1.85. The van der Waals surface area contributed by atoms with Crippen LogP contribution in [0.3, 0.4) is 0 Å². The van der Waals surface area contributed by atoms with Gasteiger partial charge in [0, 0.05) is 18.9 Å². The van der Waals surface area contributed by atoms with Crippen LogP contribution in [-0.2, 0) is 16.0 Å². The zero-order chi connectivity index (χ0) is 17.1. The highest BCUT2D eigenvalue weighted by Gasteiger charge is 2.28. The molecule has 1 aliphatic heterocycles. The van der Waals surface area contributed by atoms with Crippen LogP contribution in [-0.4, -0.2) is 17.8 Å². The Morgan fingerprint density at radius 3 is 2.54 bits per heavy atom. The number of hydrogen-bond acceptors (Lipinski definition) is 4. The van der Waals surface area contributed by atoms with E-state index in [2.05, 4.69) is 10.9 Å². The third kappa shape index (κ3) is 3.27. The monoisotopic (exact) mass is 324 g/mol. The molecule has 1 heterocycles. The fourth-order valence-corrected chi connectivity index (χ4v) is 2.61. The highest BCUT2D eigenvalue weighted by molar-refractivity contribution is 5.98. The number of hydrazine groups is 1. The van der Waals surface area contributed by atoms with E-state index in [1.165, 1.54) is 13.0 Å². The number of carbonyl (C=O) groups excluding carboxylic acids is 3. The van der Waals surface area contributed by atoms with Gasteiger partial charge in [-0.1, -0.05) is 30.3 Å². The predicted molar refractivity (Wildman–Crippen MR) is 86.0 cm³/mol. The Morgan fingerprint density at radius 1 is 1.08 bits per heavy atom. The van der Waals surface area contributed by atoms with Crippen molar-refractivity contribution < 1.29 is 19.1 Å². The standard InChI is InChI=1S/C18H16N2O4/c1-11(21)19-20-17(22)13-7-8-15-14(9-13)10-16(24-18(15)23)12-5-3-2-4-6-12/h2-9,16H,10H2,1H3,(H,19,21)(H,20,22)/t16-/m0/s1. The van der Waals surface area contributed by atoms with Crippen molar-refractivity contribution in [2.45, 2.75) is 19.4 Å². The minimum atomic E-state index is -0.441. The van der Waals surface area contributed by atoms with Crippen LogP contribution >= 0.6 is 0 Å².